The quantitative estimate of drug-likeness (QED) is 0.614. The van der Waals surface area contributed by atoms with Crippen LogP contribution in [0.3, 0.4) is 0 Å². The molecule has 1 rings (SSSR count). The Balaban J connectivity index is 0.000000354. The summed E-state index contributed by atoms with van der Waals surface area (Å²) in [7, 11) is 0. The fraction of sp³-hybridized carbons (Fsp3) is 0.875. The smallest absolute Gasteiger partial charge is 0.318 e. The first-order valence-corrected chi connectivity index (χ1v) is 4.49. The van der Waals surface area contributed by atoms with Crippen molar-refractivity contribution >= 4 is 6.03 Å². The number of nitrogens with zero attached hydrogens (tertiary/aromatic N) is 1. The van der Waals surface area contributed by atoms with Crippen LogP contribution in [-0.4, -0.2) is 30.7 Å². The van der Waals surface area contributed by atoms with Gasteiger partial charge in [0.1, 0.15) is 0 Å². The van der Waals surface area contributed by atoms with E-state index in [9.17, 15) is 4.79 Å². The van der Waals surface area contributed by atoms with E-state index in [1.165, 1.54) is 6.42 Å². The Morgan fingerprint density at radius 1 is 1.58 bits per heavy atom. The molecule has 1 saturated heterocycles. The Bertz CT molecular complexity index is 127. The maximum atomic E-state index is 10.8. The van der Waals surface area contributed by atoms with E-state index in [4.69, 9.17) is 5.73 Å². The maximum Gasteiger partial charge on any atom is 0.318 e. The van der Waals surface area contributed by atoms with Crippen molar-refractivity contribution in [2.24, 2.45) is 5.73 Å². The molecule has 0 aromatic heterocycles. The molecule has 0 aliphatic carbocycles. The predicted octanol–water partition coefficient (Wildman–Crippen LogP) is 0.734. The molecule has 0 saturated carbocycles. The summed E-state index contributed by atoms with van der Waals surface area (Å²) in [6.45, 7) is 6.16. The van der Waals surface area contributed by atoms with Crippen molar-refractivity contribution in [1.29, 1.82) is 0 Å². The summed E-state index contributed by atoms with van der Waals surface area (Å²) in [4.78, 5) is 12.3. The van der Waals surface area contributed by atoms with Crippen molar-refractivity contribution < 1.29 is 4.79 Å². The van der Waals surface area contributed by atoms with Gasteiger partial charge in [-0.2, -0.15) is 0 Å². The number of hydrogen-bond acceptors (Lipinski definition) is 2. The van der Waals surface area contributed by atoms with Gasteiger partial charge in [-0.25, -0.2) is 4.79 Å². The number of hydrogen-bond donors (Lipinski definition) is 2. The van der Waals surface area contributed by atoms with Gasteiger partial charge in [0.2, 0.25) is 0 Å². The molecule has 4 heteroatoms. The monoisotopic (exact) mass is 173 g/mol. The Morgan fingerprint density at radius 3 is 2.50 bits per heavy atom. The third kappa shape index (κ3) is 4.18. The number of urea groups is 1. The molecule has 0 aromatic carbocycles. The second kappa shape index (κ2) is 6.91. The van der Waals surface area contributed by atoms with Gasteiger partial charge in [0.25, 0.3) is 0 Å². The summed E-state index contributed by atoms with van der Waals surface area (Å²) < 4.78 is 0. The summed E-state index contributed by atoms with van der Waals surface area (Å²) in [6.07, 6.45) is 2.25. The first-order chi connectivity index (χ1) is 5.76. The summed E-state index contributed by atoms with van der Waals surface area (Å²) in [5.74, 6) is 0. The zero-order chi connectivity index (χ0) is 9.40. The summed E-state index contributed by atoms with van der Waals surface area (Å²) in [5.41, 5.74) is 5.26. The molecule has 3 N–H and O–H groups in total. The van der Waals surface area contributed by atoms with Gasteiger partial charge >= 0.3 is 6.03 Å². The van der Waals surface area contributed by atoms with E-state index >= 15 is 0 Å². The molecule has 72 valence electrons. The van der Waals surface area contributed by atoms with Crippen LogP contribution < -0.4 is 11.1 Å². The van der Waals surface area contributed by atoms with Gasteiger partial charge in [0.05, 0.1) is 6.67 Å². The fourth-order valence-corrected chi connectivity index (χ4v) is 0.853. The summed E-state index contributed by atoms with van der Waals surface area (Å²) >= 11 is 0. The first-order valence-electron chi connectivity index (χ1n) is 4.49. The minimum Gasteiger partial charge on any atom is -0.338 e. The van der Waals surface area contributed by atoms with E-state index in [1.54, 1.807) is 4.90 Å². The highest BCUT2D eigenvalue weighted by atomic mass is 16.2. The average molecular weight is 173 g/mol. The van der Waals surface area contributed by atoms with Crippen molar-refractivity contribution in [3.05, 3.63) is 0 Å². The van der Waals surface area contributed by atoms with Gasteiger partial charge in [-0.3, -0.25) is 0 Å². The van der Waals surface area contributed by atoms with Crippen molar-refractivity contribution in [2.45, 2.75) is 26.7 Å². The van der Waals surface area contributed by atoms with Crippen molar-refractivity contribution in [3.63, 3.8) is 0 Å². The van der Waals surface area contributed by atoms with Crippen LogP contribution in [0.5, 0.6) is 0 Å². The van der Waals surface area contributed by atoms with Crippen LogP contribution in [0.2, 0.25) is 0 Å². The van der Waals surface area contributed by atoms with Crippen LogP contribution in [-0.2, 0) is 0 Å². The normalized spacial score (nSPS) is 16.2. The van der Waals surface area contributed by atoms with Gasteiger partial charge in [-0.15, -0.1) is 0 Å². The molecule has 2 amide bonds. The standard InChI is InChI=1S/C5H11N3O.C3H8/c6-4-8-3-1-2-7-5(8)9;1-3-2/h1-4,6H2,(H,7,9);3H2,1-2H3. The van der Waals surface area contributed by atoms with Gasteiger partial charge < -0.3 is 16.0 Å². The zero-order valence-electron chi connectivity index (χ0n) is 7.97. The summed E-state index contributed by atoms with van der Waals surface area (Å²) in [5, 5.41) is 2.69. The molecule has 1 aliphatic heterocycles. The molecule has 0 bridgehead atoms. The zero-order valence-corrected chi connectivity index (χ0v) is 7.97. The lowest BCUT2D eigenvalue weighted by Gasteiger charge is -2.25. The Morgan fingerprint density at radius 2 is 2.17 bits per heavy atom. The average Bonchev–Trinajstić information content (AvgIpc) is 2.07. The van der Waals surface area contributed by atoms with Crippen LogP contribution in [0.25, 0.3) is 0 Å². The highest BCUT2D eigenvalue weighted by Crippen LogP contribution is 1.94. The van der Waals surface area contributed by atoms with E-state index in [0.29, 0.717) is 6.67 Å². The van der Waals surface area contributed by atoms with Gasteiger partial charge in [0.15, 0.2) is 0 Å². The molecule has 0 spiro atoms. The lowest BCUT2D eigenvalue weighted by atomic mass is 10.3. The van der Waals surface area contributed by atoms with Crippen LogP contribution in [0.1, 0.15) is 26.7 Å². The lowest BCUT2D eigenvalue weighted by molar-refractivity contribution is 0.188. The molecule has 0 aromatic rings. The number of carbonyl (C=O) groups is 1. The molecular formula is C8H19N3O. The molecule has 1 aliphatic rings. The largest absolute Gasteiger partial charge is 0.338 e. The van der Waals surface area contributed by atoms with Crippen LogP contribution in [0.15, 0.2) is 0 Å². The second-order valence-corrected chi connectivity index (χ2v) is 2.74. The van der Waals surface area contributed by atoms with E-state index < -0.39 is 0 Å². The first kappa shape index (κ1) is 11.2. The number of nitrogens with one attached hydrogen (secondary N) is 1. The third-order valence-corrected chi connectivity index (χ3v) is 1.39. The van der Waals surface area contributed by atoms with Crippen molar-refractivity contribution in [3.8, 4) is 0 Å². The minimum atomic E-state index is -0.0382. The molecule has 1 heterocycles. The van der Waals surface area contributed by atoms with E-state index in [2.05, 4.69) is 19.2 Å². The van der Waals surface area contributed by atoms with E-state index in [-0.39, 0.29) is 6.03 Å². The number of rotatable bonds is 1. The van der Waals surface area contributed by atoms with Crippen LogP contribution >= 0.6 is 0 Å². The number of carbonyl (C=O) groups excluding carboxylic acids is 1. The van der Waals surface area contributed by atoms with E-state index in [1.807, 2.05) is 0 Å². The molecule has 0 unspecified atom stereocenters. The van der Waals surface area contributed by atoms with Crippen molar-refractivity contribution in [1.82, 2.24) is 10.2 Å². The predicted molar refractivity (Wildman–Crippen MR) is 49.7 cm³/mol. The maximum absolute atomic E-state index is 10.8. The molecule has 0 radical (unpaired) electrons. The van der Waals surface area contributed by atoms with E-state index in [0.717, 1.165) is 19.5 Å². The highest BCUT2D eigenvalue weighted by molar-refractivity contribution is 5.74. The molecule has 4 nitrogen and oxygen atoms in total. The molecular weight excluding hydrogens is 154 g/mol. The van der Waals surface area contributed by atoms with Crippen molar-refractivity contribution in [2.75, 3.05) is 19.8 Å². The SMILES string of the molecule is CCC.NCN1CCCNC1=O. The fourth-order valence-electron chi connectivity index (χ4n) is 0.853. The van der Waals surface area contributed by atoms with Gasteiger partial charge in [-0.05, 0) is 6.42 Å². The van der Waals surface area contributed by atoms with Gasteiger partial charge in [-0.1, -0.05) is 20.3 Å². The molecule has 1 fully saturated rings. The summed E-state index contributed by atoms with van der Waals surface area (Å²) in [6, 6.07) is -0.0382. The Labute approximate surface area is 74.1 Å². The third-order valence-electron chi connectivity index (χ3n) is 1.39. The van der Waals surface area contributed by atoms with Crippen LogP contribution in [0, 0.1) is 0 Å². The minimum absolute atomic E-state index is 0.0382. The number of amides is 2. The lowest BCUT2D eigenvalue weighted by Crippen LogP contribution is -2.48. The molecule has 0 atom stereocenters. The van der Waals surface area contributed by atoms with Crippen LogP contribution in [0.4, 0.5) is 4.79 Å². The van der Waals surface area contributed by atoms with Gasteiger partial charge in [0, 0.05) is 13.1 Å². The second-order valence-electron chi connectivity index (χ2n) is 2.74. The highest BCUT2D eigenvalue weighted by Gasteiger charge is 2.14. The Hall–Kier alpha value is -0.770. The Kier molecular flexibility index (Phi) is 6.47. The topological polar surface area (TPSA) is 58.4 Å². The number of nitrogens with two attached hydrogens (primary N) is 1. The molecule has 12 heavy (non-hydrogen) atoms.